The van der Waals surface area contributed by atoms with E-state index in [2.05, 4.69) is 13.8 Å². The molecular weight excluding hydrogens is 488 g/mol. The van der Waals surface area contributed by atoms with Crippen LogP contribution in [0.3, 0.4) is 0 Å². The molecule has 0 aromatic rings. The molecule has 2 bridgehead atoms. The van der Waals surface area contributed by atoms with E-state index in [1.807, 2.05) is 0 Å². The predicted molar refractivity (Wildman–Crippen MR) is 136 cm³/mol. The summed E-state index contributed by atoms with van der Waals surface area (Å²) in [7, 11) is 1.50. The van der Waals surface area contributed by atoms with E-state index in [-0.39, 0.29) is 40.7 Å². The van der Waals surface area contributed by atoms with Crippen LogP contribution in [0, 0.1) is 40.4 Å². The number of aliphatic hydroxyl groups is 2. The van der Waals surface area contributed by atoms with Crippen LogP contribution in [0.1, 0.15) is 85.0 Å². The van der Waals surface area contributed by atoms with Gasteiger partial charge in [-0.3, -0.25) is 4.79 Å². The van der Waals surface area contributed by atoms with E-state index in [0.29, 0.717) is 30.1 Å². The SMILES string of the molecule is CO[C@@H]1[C@@H](O)[C@H](C)O[C@@H](O[C@H]2CC[C@@]3(C)[C@@H](CC[C@H]4[C@H]3CC[C@]3(C)[C@H]5CC[C@]43O[C@H]3OC(=O)C[C@@H]35)C2)[C@@H]1O. The Hall–Kier alpha value is -0.770. The van der Waals surface area contributed by atoms with E-state index in [0.717, 1.165) is 44.9 Å². The highest BCUT2D eigenvalue weighted by molar-refractivity contribution is 5.72. The topological polar surface area (TPSA) is 104 Å². The number of hydrogen-bond donors (Lipinski definition) is 2. The van der Waals surface area contributed by atoms with Crippen LogP contribution in [0.25, 0.3) is 0 Å². The van der Waals surface area contributed by atoms with Crippen molar-refractivity contribution < 1.29 is 38.7 Å². The highest BCUT2D eigenvalue weighted by Crippen LogP contribution is 2.74. The fourth-order valence-corrected chi connectivity index (χ4v) is 11.1. The summed E-state index contributed by atoms with van der Waals surface area (Å²) >= 11 is 0. The van der Waals surface area contributed by atoms with E-state index in [4.69, 9.17) is 23.7 Å². The Bertz CT molecular complexity index is 959. The lowest BCUT2D eigenvalue weighted by atomic mass is 9.42. The van der Waals surface area contributed by atoms with Crippen molar-refractivity contribution in [1.82, 2.24) is 0 Å². The van der Waals surface area contributed by atoms with Crippen molar-refractivity contribution in [3.63, 3.8) is 0 Å². The number of hydrogen-bond acceptors (Lipinski definition) is 8. The van der Waals surface area contributed by atoms with E-state index in [1.165, 1.54) is 20.0 Å². The normalized spacial score (nSPS) is 59.4. The quantitative estimate of drug-likeness (QED) is 0.419. The summed E-state index contributed by atoms with van der Waals surface area (Å²) in [6, 6.07) is 0. The van der Waals surface area contributed by atoms with Gasteiger partial charge in [0.25, 0.3) is 0 Å². The standard InChI is InChI=1S/C30H46O8/c1-15-23(32)25(34-4)24(33)27(35-15)36-17-7-10-28(2)16(13-17)5-6-21-20(28)8-11-29(3)19-9-12-30(21,29)38-26-18(19)14-22(31)37-26/h15-21,23-27,32-33H,5-14H2,1-4H3/t15-,16-,17-,18+,19-,20+,21-,23-,24+,25+,26+,27-,28-,29+,30-/m0/s1. The van der Waals surface area contributed by atoms with Crippen LogP contribution < -0.4 is 0 Å². The highest BCUT2D eigenvalue weighted by atomic mass is 16.7. The van der Waals surface area contributed by atoms with Crippen molar-refractivity contribution >= 4 is 5.97 Å². The van der Waals surface area contributed by atoms with Crippen LogP contribution >= 0.6 is 0 Å². The lowest BCUT2D eigenvalue weighted by Crippen LogP contribution is -2.67. The van der Waals surface area contributed by atoms with E-state index in [9.17, 15) is 15.0 Å². The van der Waals surface area contributed by atoms with Crippen molar-refractivity contribution in [1.29, 1.82) is 0 Å². The Morgan fingerprint density at radius 1 is 0.947 bits per heavy atom. The summed E-state index contributed by atoms with van der Waals surface area (Å²) in [6.07, 6.45) is 6.35. The first-order valence-electron chi connectivity index (χ1n) is 15.2. The Kier molecular flexibility index (Phi) is 6.10. The molecule has 0 amide bonds. The molecule has 0 unspecified atom stereocenters. The molecule has 8 nitrogen and oxygen atoms in total. The molecule has 214 valence electrons. The fourth-order valence-electron chi connectivity index (χ4n) is 11.1. The molecule has 3 heterocycles. The number of carbonyl (C=O) groups is 1. The fraction of sp³-hybridized carbons (Fsp3) is 0.967. The second-order valence-electron chi connectivity index (χ2n) is 14.3. The Balaban J connectivity index is 1.08. The van der Waals surface area contributed by atoms with Gasteiger partial charge in [-0.25, -0.2) is 0 Å². The molecular formula is C30H46O8. The maximum Gasteiger partial charge on any atom is 0.308 e. The lowest BCUT2D eigenvalue weighted by Gasteiger charge is -2.67. The number of esters is 1. The Labute approximate surface area is 226 Å². The van der Waals surface area contributed by atoms with Crippen molar-refractivity contribution in [2.45, 2.75) is 134 Å². The zero-order valence-electron chi connectivity index (χ0n) is 23.3. The monoisotopic (exact) mass is 534 g/mol. The average molecular weight is 535 g/mol. The third-order valence-electron chi connectivity index (χ3n) is 13.1. The second-order valence-corrected chi connectivity index (χ2v) is 14.3. The van der Waals surface area contributed by atoms with Crippen molar-refractivity contribution in [2.75, 3.05) is 7.11 Å². The minimum atomic E-state index is -1.02. The molecule has 0 aromatic heterocycles. The van der Waals surface area contributed by atoms with Crippen LogP contribution in [-0.4, -0.2) is 72.0 Å². The molecule has 7 aliphatic rings. The van der Waals surface area contributed by atoms with Crippen LogP contribution in [0.4, 0.5) is 0 Å². The number of ether oxygens (including phenoxy) is 5. The van der Waals surface area contributed by atoms with Crippen LogP contribution in [0.2, 0.25) is 0 Å². The molecule has 3 saturated heterocycles. The van der Waals surface area contributed by atoms with Gasteiger partial charge in [-0.2, -0.15) is 0 Å². The minimum absolute atomic E-state index is 0.0247. The summed E-state index contributed by atoms with van der Waals surface area (Å²) in [6.45, 7) is 6.78. The van der Waals surface area contributed by atoms with Gasteiger partial charge in [-0.05, 0) is 93.8 Å². The smallest absolute Gasteiger partial charge is 0.308 e. The first kappa shape index (κ1) is 26.1. The number of carbonyl (C=O) groups excluding carboxylic acids is 1. The number of aliphatic hydroxyl groups excluding tert-OH is 2. The van der Waals surface area contributed by atoms with Crippen molar-refractivity contribution in [2.24, 2.45) is 40.4 Å². The van der Waals surface area contributed by atoms with E-state index >= 15 is 0 Å². The van der Waals surface area contributed by atoms with Gasteiger partial charge in [-0.1, -0.05) is 13.8 Å². The molecule has 7 rings (SSSR count). The molecule has 0 spiro atoms. The van der Waals surface area contributed by atoms with E-state index in [1.54, 1.807) is 6.92 Å². The zero-order chi connectivity index (χ0) is 26.6. The predicted octanol–water partition coefficient (Wildman–Crippen LogP) is 3.55. The second kappa shape index (κ2) is 8.86. The van der Waals surface area contributed by atoms with Gasteiger partial charge >= 0.3 is 5.97 Å². The number of methoxy groups -OCH3 is 1. The maximum atomic E-state index is 12.2. The van der Waals surface area contributed by atoms with Crippen molar-refractivity contribution in [3.8, 4) is 0 Å². The third-order valence-corrected chi connectivity index (χ3v) is 13.1. The van der Waals surface area contributed by atoms with Crippen LogP contribution in [-0.2, 0) is 28.5 Å². The van der Waals surface area contributed by atoms with Gasteiger partial charge in [0.2, 0.25) is 6.29 Å². The highest BCUT2D eigenvalue weighted by Gasteiger charge is 2.74. The summed E-state index contributed by atoms with van der Waals surface area (Å²) < 4.78 is 30.4. The molecule has 2 N–H and O–H groups in total. The molecule has 7 fully saturated rings. The summed E-state index contributed by atoms with van der Waals surface area (Å²) in [5.74, 6) is 2.36. The minimum Gasteiger partial charge on any atom is -0.435 e. The van der Waals surface area contributed by atoms with Crippen molar-refractivity contribution in [3.05, 3.63) is 0 Å². The van der Waals surface area contributed by atoms with Gasteiger partial charge < -0.3 is 33.9 Å². The molecule has 3 aliphatic heterocycles. The maximum absolute atomic E-state index is 12.2. The van der Waals surface area contributed by atoms with Gasteiger partial charge in [-0.15, -0.1) is 0 Å². The third kappa shape index (κ3) is 3.40. The molecule has 15 atom stereocenters. The van der Waals surface area contributed by atoms with Crippen LogP contribution in [0.5, 0.6) is 0 Å². The molecule has 4 aliphatic carbocycles. The first-order chi connectivity index (χ1) is 18.1. The largest absolute Gasteiger partial charge is 0.435 e. The van der Waals surface area contributed by atoms with Crippen LogP contribution in [0.15, 0.2) is 0 Å². The number of rotatable bonds is 3. The molecule has 8 heteroatoms. The molecule has 38 heavy (non-hydrogen) atoms. The van der Waals surface area contributed by atoms with E-state index < -0.39 is 30.7 Å². The van der Waals surface area contributed by atoms with Gasteiger partial charge in [0, 0.05) is 18.4 Å². The summed E-state index contributed by atoms with van der Waals surface area (Å²) in [4.78, 5) is 12.2. The summed E-state index contributed by atoms with van der Waals surface area (Å²) in [5.41, 5.74) is 0.203. The van der Waals surface area contributed by atoms with Gasteiger partial charge in [0.15, 0.2) is 6.29 Å². The number of fused-ring (bicyclic) bond motifs is 5. The molecule has 0 radical (unpaired) electrons. The van der Waals surface area contributed by atoms with Gasteiger partial charge in [0.05, 0.1) is 24.2 Å². The molecule has 0 aromatic carbocycles. The zero-order valence-corrected chi connectivity index (χ0v) is 23.3. The average Bonchev–Trinajstić information content (AvgIpc) is 3.34. The molecule has 4 saturated carbocycles. The summed E-state index contributed by atoms with van der Waals surface area (Å²) in [5, 5.41) is 21.1. The first-order valence-corrected chi connectivity index (χ1v) is 15.2. The Morgan fingerprint density at radius 2 is 1.74 bits per heavy atom. The Morgan fingerprint density at radius 3 is 2.53 bits per heavy atom. The lowest BCUT2D eigenvalue weighted by molar-refractivity contribution is -0.327. The van der Waals surface area contributed by atoms with Gasteiger partial charge in [0.1, 0.15) is 18.3 Å².